The molecule has 0 radical (unpaired) electrons. The van der Waals surface area contributed by atoms with E-state index in [9.17, 15) is 52.8 Å². The van der Waals surface area contributed by atoms with Crippen molar-refractivity contribution in [2.45, 2.75) is 29.8 Å². The number of Topliss-reactive ketones (excluding diaryl/α,β-unsaturated/α-hetero) is 2. The molecule has 1 N–H and O–H groups in total. The predicted molar refractivity (Wildman–Crippen MR) is 91.1 cm³/mol. The van der Waals surface area contributed by atoms with Gasteiger partial charge in [-0.2, -0.15) is 43.2 Å². The number of benzene rings is 1. The van der Waals surface area contributed by atoms with Gasteiger partial charge in [0.15, 0.2) is 11.6 Å². The molecule has 174 valence electrons. The molecule has 0 aliphatic heterocycles. The van der Waals surface area contributed by atoms with Gasteiger partial charge in [-0.3, -0.25) is 14.1 Å². The molecule has 0 atom stereocenters. The Labute approximate surface area is 171 Å². The molecule has 16 heteroatoms. The normalized spacial score (nSPS) is 13.5. The molecule has 0 bridgehead atoms. The van der Waals surface area contributed by atoms with Crippen LogP contribution in [0.25, 0.3) is 0 Å². The molecule has 0 aromatic heterocycles. The van der Waals surface area contributed by atoms with Crippen LogP contribution in [0.2, 0.25) is 0 Å². The number of ketones is 2. The van der Waals surface area contributed by atoms with E-state index < -0.39 is 60.4 Å². The molecule has 0 spiro atoms. The Morgan fingerprint density at radius 1 is 0.968 bits per heavy atom. The zero-order chi connectivity index (χ0) is 24.6. The predicted octanol–water partition coefficient (Wildman–Crippen LogP) is 2.82. The van der Waals surface area contributed by atoms with Crippen molar-refractivity contribution in [1.82, 2.24) is 0 Å². The number of rotatable bonds is 10. The summed E-state index contributed by atoms with van der Waals surface area (Å²) in [6.07, 6.45) is -0.650. The van der Waals surface area contributed by atoms with E-state index in [2.05, 4.69) is 10.8 Å². The highest BCUT2D eigenvalue weighted by molar-refractivity contribution is 7.88. The SMILES string of the molecule is C=C(C)C(=O)CC(=O)c1ccc(OS(=O)(=O)C(F)(F)C(F)(F)C(F)(F)S(=O)(=O)O)cc1. The highest BCUT2D eigenvalue weighted by atomic mass is 32.2. The minimum Gasteiger partial charge on any atom is -0.378 e. The Morgan fingerprint density at radius 2 is 1.42 bits per heavy atom. The lowest BCUT2D eigenvalue weighted by molar-refractivity contribution is -0.247. The zero-order valence-corrected chi connectivity index (χ0v) is 16.7. The Balaban J connectivity index is 3.20. The number of allylic oxidation sites excluding steroid dienone is 1. The van der Waals surface area contributed by atoms with Gasteiger partial charge in [-0.1, -0.05) is 6.58 Å². The van der Waals surface area contributed by atoms with E-state index in [1.807, 2.05) is 0 Å². The van der Waals surface area contributed by atoms with E-state index in [4.69, 9.17) is 4.55 Å². The first-order valence-electron chi connectivity index (χ1n) is 7.55. The summed E-state index contributed by atoms with van der Waals surface area (Å²) in [5.41, 5.74) is -0.210. The van der Waals surface area contributed by atoms with Gasteiger partial charge in [-0.05, 0) is 36.8 Å². The maximum Gasteiger partial charge on any atom is 0.450 e. The first-order valence-corrected chi connectivity index (χ1v) is 10.4. The smallest absolute Gasteiger partial charge is 0.378 e. The van der Waals surface area contributed by atoms with Crippen LogP contribution in [-0.2, 0) is 25.0 Å². The van der Waals surface area contributed by atoms with E-state index >= 15 is 0 Å². The topological polar surface area (TPSA) is 132 Å². The van der Waals surface area contributed by atoms with Gasteiger partial charge < -0.3 is 4.18 Å². The van der Waals surface area contributed by atoms with Crippen LogP contribution >= 0.6 is 0 Å². The summed E-state index contributed by atoms with van der Waals surface area (Å²) in [7, 11) is -14.1. The lowest BCUT2D eigenvalue weighted by Gasteiger charge is -2.29. The van der Waals surface area contributed by atoms with Crippen molar-refractivity contribution in [3.63, 3.8) is 0 Å². The molecule has 0 aliphatic rings. The number of halogens is 6. The third-order valence-corrected chi connectivity index (χ3v) is 5.75. The van der Waals surface area contributed by atoms with Gasteiger partial charge in [-0.25, -0.2) is 0 Å². The van der Waals surface area contributed by atoms with Crippen LogP contribution in [0.3, 0.4) is 0 Å². The maximum absolute atomic E-state index is 13.7. The Hall–Kier alpha value is -2.46. The van der Waals surface area contributed by atoms with Crippen molar-refractivity contribution in [2.75, 3.05) is 0 Å². The summed E-state index contributed by atoms with van der Waals surface area (Å²) < 4.78 is 136. The minimum absolute atomic E-state index is 0.0456. The van der Waals surface area contributed by atoms with E-state index in [0.29, 0.717) is 12.1 Å². The van der Waals surface area contributed by atoms with Gasteiger partial charge in [-0.15, -0.1) is 0 Å². The molecule has 0 heterocycles. The molecule has 0 saturated heterocycles. The second-order valence-corrected chi connectivity index (χ2v) is 9.00. The first-order chi connectivity index (χ1) is 13.7. The van der Waals surface area contributed by atoms with Crippen LogP contribution in [-0.4, -0.2) is 49.4 Å². The van der Waals surface area contributed by atoms with Crippen LogP contribution in [0.4, 0.5) is 26.3 Å². The van der Waals surface area contributed by atoms with Gasteiger partial charge in [0.1, 0.15) is 5.75 Å². The fourth-order valence-corrected chi connectivity index (χ4v) is 3.19. The molecule has 31 heavy (non-hydrogen) atoms. The van der Waals surface area contributed by atoms with Gasteiger partial charge in [0, 0.05) is 5.56 Å². The van der Waals surface area contributed by atoms with Crippen molar-refractivity contribution < 1.29 is 61.5 Å². The monoisotopic (exact) mass is 498 g/mol. The average Bonchev–Trinajstić information content (AvgIpc) is 2.60. The molecule has 0 aliphatic carbocycles. The Bertz CT molecular complexity index is 1110. The Morgan fingerprint density at radius 3 is 1.81 bits per heavy atom. The number of hydrogen-bond donors (Lipinski definition) is 1. The zero-order valence-electron chi connectivity index (χ0n) is 15.1. The fourth-order valence-electron chi connectivity index (χ4n) is 1.76. The van der Waals surface area contributed by atoms with Gasteiger partial charge in [0.2, 0.25) is 0 Å². The van der Waals surface area contributed by atoms with Crippen LogP contribution in [0.5, 0.6) is 5.75 Å². The number of carbonyl (C=O) groups is 2. The number of carbonyl (C=O) groups excluding carboxylic acids is 2. The summed E-state index contributed by atoms with van der Waals surface area (Å²) in [5, 5.41) is -13.7. The summed E-state index contributed by atoms with van der Waals surface area (Å²) in [4.78, 5) is 23.3. The van der Waals surface area contributed by atoms with Crippen molar-refractivity contribution in [2.24, 2.45) is 0 Å². The van der Waals surface area contributed by atoms with Crippen molar-refractivity contribution in [3.8, 4) is 5.75 Å². The molecule has 1 aromatic rings. The molecular weight excluding hydrogens is 486 g/mol. The van der Waals surface area contributed by atoms with Gasteiger partial charge in [0.25, 0.3) is 0 Å². The molecular formula is C15H12F6O8S2. The van der Waals surface area contributed by atoms with Gasteiger partial charge in [0.05, 0.1) is 6.42 Å². The first kappa shape index (κ1) is 26.6. The van der Waals surface area contributed by atoms with Crippen LogP contribution < -0.4 is 4.18 Å². The van der Waals surface area contributed by atoms with Crippen molar-refractivity contribution in [1.29, 1.82) is 0 Å². The van der Waals surface area contributed by atoms with E-state index in [-0.39, 0.29) is 11.1 Å². The van der Waals surface area contributed by atoms with Crippen molar-refractivity contribution in [3.05, 3.63) is 42.0 Å². The standard InChI is InChI=1S/C15H12F6O8S2/c1-8(2)11(22)7-12(23)9-3-5-10(6-4-9)29-31(27,28)15(20,21)13(16,17)14(18,19)30(24,25)26/h3-6H,1,7H2,2H3,(H,24,25,26). The maximum atomic E-state index is 13.7. The summed E-state index contributed by atoms with van der Waals surface area (Å²) in [5.74, 6) is -9.75. The molecule has 0 unspecified atom stereocenters. The number of alkyl halides is 6. The van der Waals surface area contributed by atoms with Crippen LogP contribution in [0, 0.1) is 0 Å². The summed E-state index contributed by atoms with van der Waals surface area (Å²) >= 11 is 0. The molecule has 0 saturated carbocycles. The lowest BCUT2D eigenvalue weighted by Crippen LogP contribution is -2.61. The van der Waals surface area contributed by atoms with E-state index in [1.54, 1.807) is 0 Å². The summed E-state index contributed by atoms with van der Waals surface area (Å²) in [6, 6.07) is 2.51. The fraction of sp³-hybridized carbons (Fsp3) is 0.333. The Kier molecular flexibility index (Phi) is 7.06. The largest absolute Gasteiger partial charge is 0.450 e. The summed E-state index contributed by atoms with van der Waals surface area (Å²) in [6.45, 7) is 4.62. The molecule has 1 rings (SSSR count). The third kappa shape index (κ3) is 4.90. The van der Waals surface area contributed by atoms with Crippen LogP contribution in [0.15, 0.2) is 36.4 Å². The molecule has 0 amide bonds. The second-order valence-electron chi connectivity index (χ2n) is 5.95. The number of hydrogen-bond acceptors (Lipinski definition) is 7. The molecule has 1 aromatic carbocycles. The van der Waals surface area contributed by atoms with Gasteiger partial charge >= 0.3 is 36.7 Å². The highest BCUT2D eigenvalue weighted by Crippen LogP contribution is 2.50. The lowest BCUT2D eigenvalue weighted by atomic mass is 10.0. The molecule has 8 nitrogen and oxygen atoms in total. The second kappa shape index (κ2) is 8.23. The van der Waals surface area contributed by atoms with E-state index in [0.717, 1.165) is 12.1 Å². The third-order valence-electron chi connectivity index (χ3n) is 3.55. The minimum atomic E-state index is -7.16. The average molecular weight is 498 g/mol. The quantitative estimate of drug-likeness (QED) is 0.130. The van der Waals surface area contributed by atoms with E-state index in [1.165, 1.54) is 6.92 Å². The van der Waals surface area contributed by atoms with Crippen molar-refractivity contribution >= 4 is 31.8 Å². The molecule has 0 fully saturated rings. The highest BCUT2D eigenvalue weighted by Gasteiger charge is 2.83. The van der Waals surface area contributed by atoms with Crippen LogP contribution in [0.1, 0.15) is 23.7 Å².